The summed E-state index contributed by atoms with van der Waals surface area (Å²) in [6, 6.07) is 6.46. The minimum atomic E-state index is 0.862. The summed E-state index contributed by atoms with van der Waals surface area (Å²) in [5.74, 6) is 0. The highest BCUT2D eigenvalue weighted by Gasteiger charge is 2.01. The molecule has 0 amide bonds. The zero-order valence-corrected chi connectivity index (χ0v) is 18.0. The van der Waals surface area contributed by atoms with Crippen LogP contribution >= 0.6 is 0 Å². The van der Waals surface area contributed by atoms with Gasteiger partial charge >= 0.3 is 0 Å². The summed E-state index contributed by atoms with van der Waals surface area (Å²) < 4.78 is 0. The first-order valence-electron chi connectivity index (χ1n) is 10.2. The SMILES string of the molecule is C/C=C(\C=C/C=C/CCNc1cccc(C)c1CC)/C=C/C=C(/N)CCNC. The van der Waals surface area contributed by atoms with Crippen LogP contribution in [0.1, 0.15) is 37.8 Å². The number of aryl methyl sites for hydroxylation is 1. The van der Waals surface area contributed by atoms with Crippen LogP contribution in [-0.4, -0.2) is 20.1 Å². The van der Waals surface area contributed by atoms with Crippen molar-refractivity contribution in [1.82, 2.24) is 5.32 Å². The third-order valence-corrected chi connectivity index (χ3v) is 4.52. The predicted molar refractivity (Wildman–Crippen MR) is 126 cm³/mol. The van der Waals surface area contributed by atoms with E-state index in [0.29, 0.717) is 0 Å². The Bertz CT molecular complexity index is 721. The van der Waals surface area contributed by atoms with E-state index in [1.807, 2.05) is 26.1 Å². The van der Waals surface area contributed by atoms with Crippen LogP contribution in [0, 0.1) is 6.92 Å². The maximum atomic E-state index is 5.94. The summed E-state index contributed by atoms with van der Waals surface area (Å²) >= 11 is 0. The van der Waals surface area contributed by atoms with E-state index in [-0.39, 0.29) is 0 Å². The van der Waals surface area contributed by atoms with Gasteiger partial charge in [-0.1, -0.05) is 61.6 Å². The first-order chi connectivity index (χ1) is 13.6. The molecule has 0 aliphatic rings. The van der Waals surface area contributed by atoms with Crippen LogP contribution in [-0.2, 0) is 6.42 Å². The summed E-state index contributed by atoms with van der Waals surface area (Å²) in [5.41, 5.74) is 12.0. The molecular formula is C25H37N3. The topological polar surface area (TPSA) is 50.1 Å². The van der Waals surface area contributed by atoms with E-state index >= 15 is 0 Å². The van der Waals surface area contributed by atoms with Crippen LogP contribution in [0.25, 0.3) is 0 Å². The third kappa shape index (κ3) is 9.43. The Morgan fingerprint density at radius 1 is 1.11 bits per heavy atom. The van der Waals surface area contributed by atoms with Crippen LogP contribution in [0.2, 0.25) is 0 Å². The maximum Gasteiger partial charge on any atom is 0.0375 e. The molecule has 0 aromatic heterocycles. The van der Waals surface area contributed by atoms with Crippen molar-refractivity contribution in [3.05, 3.63) is 89.2 Å². The monoisotopic (exact) mass is 379 g/mol. The number of benzene rings is 1. The van der Waals surface area contributed by atoms with Crippen molar-refractivity contribution < 1.29 is 0 Å². The van der Waals surface area contributed by atoms with Crippen molar-refractivity contribution >= 4 is 5.69 Å². The number of nitrogens with one attached hydrogen (secondary N) is 2. The summed E-state index contributed by atoms with van der Waals surface area (Å²) in [6.45, 7) is 8.26. The summed E-state index contributed by atoms with van der Waals surface area (Å²) in [5, 5.41) is 6.64. The number of allylic oxidation sites excluding steroid dienone is 8. The summed E-state index contributed by atoms with van der Waals surface area (Å²) in [6.07, 6.45) is 19.5. The van der Waals surface area contributed by atoms with Gasteiger partial charge in [0.2, 0.25) is 0 Å². The average molecular weight is 380 g/mol. The lowest BCUT2D eigenvalue weighted by atomic mass is 10.0. The fourth-order valence-corrected chi connectivity index (χ4v) is 2.85. The molecule has 1 aromatic rings. The molecule has 0 unspecified atom stereocenters. The number of hydrogen-bond donors (Lipinski definition) is 3. The average Bonchev–Trinajstić information content (AvgIpc) is 2.70. The molecule has 0 saturated carbocycles. The van der Waals surface area contributed by atoms with Crippen molar-refractivity contribution in [2.24, 2.45) is 5.73 Å². The second-order valence-corrected chi connectivity index (χ2v) is 6.70. The van der Waals surface area contributed by atoms with Gasteiger partial charge in [-0.25, -0.2) is 0 Å². The normalized spacial score (nSPS) is 13.3. The highest BCUT2D eigenvalue weighted by atomic mass is 14.9. The molecule has 4 N–H and O–H groups in total. The molecule has 0 aliphatic carbocycles. The van der Waals surface area contributed by atoms with E-state index in [9.17, 15) is 0 Å². The number of rotatable bonds is 12. The van der Waals surface area contributed by atoms with Crippen molar-refractivity contribution in [3.63, 3.8) is 0 Å². The Balaban J connectivity index is 2.41. The van der Waals surface area contributed by atoms with E-state index in [1.54, 1.807) is 0 Å². The van der Waals surface area contributed by atoms with Gasteiger partial charge in [-0.3, -0.25) is 0 Å². The van der Waals surface area contributed by atoms with Gasteiger partial charge in [-0.05, 0) is 69.0 Å². The first kappa shape index (κ1) is 23.5. The summed E-state index contributed by atoms with van der Waals surface area (Å²) in [4.78, 5) is 0. The smallest absolute Gasteiger partial charge is 0.0375 e. The third-order valence-electron chi connectivity index (χ3n) is 4.52. The second-order valence-electron chi connectivity index (χ2n) is 6.70. The van der Waals surface area contributed by atoms with E-state index in [2.05, 4.69) is 79.1 Å². The molecule has 28 heavy (non-hydrogen) atoms. The van der Waals surface area contributed by atoms with E-state index in [4.69, 9.17) is 5.73 Å². The molecule has 0 saturated heterocycles. The molecule has 0 atom stereocenters. The lowest BCUT2D eigenvalue weighted by Crippen LogP contribution is -2.11. The number of nitrogens with two attached hydrogens (primary N) is 1. The second kappa shape index (κ2) is 14.5. The Labute approximate surface area is 171 Å². The lowest BCUT2D eigenvalue weighted by Gasteiger charge is -2.12. The Morgan fingerprint density at radius 2 is 1.89 bits per heavy atom. The van der Waals surface area contributed by atoms with Crippen molar-refractivity contribution in [2.75, 3.05) is 25.5 Å². The molecule has 0 aliphatic heterocycles. The molecule has 152 valence electrons. The predicted octanol–water partition coefficient (Wildman–Crippen LogP) is 5.43. The van der Waals surface area contributed by atoms with Gasteiger partial charge in [-0.15, -0.1) is 0 Å². The van der Waals surface area contributed by atoms with Gasteiger partial charge < -0.3 is 16.4 Å². The fraction of sp³-hybridized carbons (Fsp3) is 0.360. The minimum Gasteiger partial charge on any atom is -0.402 e. The lowest BCUT2D eigenvalue weighted by molar-refractivity contribution is 0.780. The molecule has 1 rings (SSSR count). The van der Waals surface area contributed by atoms with E-state index in [0.717, 1.165) is 43.6 Å². The van der Waals surface area contributed by atoms with Gasteiger partial charge in [-0.2, -0.15) is 0 Å². The van der Waals surface area contributed by atoms with Gasteiger partial charge in [0.05, 0.1) is 0 Å². The molecule has 0 fully saturated rings. The van der Waals surface area contributed by atoms with Crippen LogP contribution < -0.4 is 16.4 Å². The highest BCUT2D eigenvalue weighted by Crippen LogP contribution is 2.19. The molecule has 0 spiro atoms. The fourth-order valence-electron chi connectivity index (χ4n) is 2.85. The van der Waals surface area contributed by atoms with Gasteiger partial charge in [0.25, 0.3) is 0 Å². The Hall–Kier alpha value is -2.52. The highest BCUT2D eigenvalue weighted by molar-refractivity contribution is 5.54. The van der Waals surface area contributed by atoms with Gasteiger partial charge in [0.1, 0.15) is 0 Å². The molecule has 3 nitrogen and oxygen atoms in total. The number of hydrogen-bond acceptors (Lipinski definition) is 3. The van der Waals surface area contributed by atoms with E-state index in [1.165, 1.54) is 16.8 Å². The van der Waals surface area contributed by atoms with Gasteiger partial charge in [0, 0.05) is 24.5 Å². The zero-order chi connectivity index (χ0) is 20.6. The molecule has 1 aromatic carbocycles. The quantitative estimate of drug-likeness (QED) is 0.335. The van der Waals surface area contributed by atoms with Crippen molar-refractivity contribution in [1.29, 1.82) is 0 Å². The first-order valence-corrected chi connectivity index (χ1v) is 10.2. The molecule has 0 heterocycles. The zero-order valence-electron chi connectivity index (χ0n) is 18.0. The molecule has 3 heteroatoms. The maximum absolute atomic E-state index is 5.94. The van der Waals surface area contributed by atoms with Crippen LogP contribution in [0.4, 0.5) is 5.69 Å². The van der Waals surface area contributed by atoms with Gasteiger partial charge in [0.15, 0.2) is 0 Å². The van der Waals surface area contributed by atoms with E-state index < -0.39 is 0 Å². The molecular weight excluding hydrogens is 342 g/mol. The van der Waals surface area contributed by atoms with Crippen molar-refractivity contribution in [2.45, 2.75) is 40.0 Å². The Morgan fingerprint density at radius 3 is 2.61 bits per heavy atom. The minimum absolute atomic E-state index is 0.862. The van der Waals surface area contributed by atoms with Crippen LogP contribution in [0.5, 0.6) is 0 Å². The molecule has 0 bridgehead atoms. The Kier molecular flexibility index (Phi) is 12.2. The standard InChI is InChI=1S/C25H37N3/c1-5-22(15-12-16-23(26)18-20-27-4)14-9-7-8-10-19-28-25-17-11-13-21(3)24(25)6-2/h5,7-9,11-17,27-28H,6,10,18-20,26H2,1-4H3/b8-7+,14-9-,15-12+,22-5+,23-16+. The van der Waals surface area contributed by atoms with Crippen molar-refractivity contribution in [3.8, 4) is 0 Å². The number of anilines is 1. The summed E-state index contributed by atoms with van der Waals surface area (Å²) in [7, 11) is 1.93. The van der Waals surface area contributed by atoms with Crippen LogP contribution in [0.3, 0.4) is 0 Å². The largest absolute Gasteiger partial charge is 0.402 e. The van der Waals surface area contributed by atoms with Crippen LogP contribution in [0.15, 0.2) is 78.1 Å². The molecule has 0 radical (unpaired) electrons.